The number of hydrazine groups is 1. The first kappa shape index (κ1) is 31.8. The Kier molecular flexibility index (Phi) is 9.31. The van der Waals surface area contributed by atoms with Crippen LogP contribution in [0.5, 0.6) is 5.75 Å². The standard InChI is InChI=1S/C27H23Cl2F2N9O4S/c1-43-10-11-44-19-6-3-5-18(23(19)32)40(33)27-34-12-17-25(38-27)26(36-13-35-17)37-24-15(30)8-9-16(22(24)31)39-45(41,42)20-7-2-4-14(28)21(20)29/h2-9,12-13,39H,10-11,32-33H2,1H3,(H,35,36,37). The minimum Gasteiger partial charge on any atom is -0.489 e. The molecule has 0 aliphatic rings. The fraction of sp³-hybridized carbons (Fsp3) is 0.111. The van der Waals surface area contributed by atoms with Crippen molar-refractivity contribution in [3.8, 4) is 5.75 Å². The van der Waals surface area contributed by atoms with Crippen LogP contribution >= 0.6 is 23.2 Å². The maximum atomic E-state index is 15.6. The second kappa shape index (κ2) is 13.2. The molecule has 0 saturated carbocycles. The molecule has 0 amide bonds. The summed E-state index contributed by atoms with van der Waals surface area (Å²) in [7, 11) is -2.89. The molecule has 234 valence electrons. The first-order valence-electron chi connectivity index (χ1n) is 12.8. The minimum absolute atomic E-state index is 0.0273. The average Bonchev–Trinajstić information content (AvgIpc) is 3.02. The average molecular weight is 679 g/mol. The van der Waals surface area contributed by atoms with Crippen LogP contribution in [-0.2, 0) is 14.8 Å². The maximum absolute atomic E-state index is 15.6. The molecule has 0 saturated heterocycles. The van der Waals surface area contributed by atoms with Crippen LogP contribution in [0.25, 0.3) is 11.0 Å². The lowest BCUT2D eigenvalue weighted by Gasteiger charge is -2.20. The van der Waals surface area contributed by atoms with Crippen molar-refractivity contribution in [1.29, 1.82) is 0 Å². The molecule has 45 heavy (non-hydrogen) atoms. The molecule has 18 heteroatoms. The highest BCUT2D eigenvalue weighted by atomic mass is 35.5. The van der Waals surface area contributed by atoms with Gasteiger partial charge in [0.25, 0.3) is 10.0 Å². The Morgan fingerprint density at radius 1 is 1.02 bits per heavy atom. The second-order valence-electron chi connectivity index (χ2n) is 9.09. The number of nitrogens with two attached hydrogens (primary N) is 2. The van der Waals surface area contributed by atoms with Crippen molar-refractivity contribution in [2.45, 2.75) is 4.90 Å². The molecule has 0 bridgehead atoms. The van der Waals surface area contributed by atoms with Crippen LogP contribution in [0.15, 0.2) is 66.0 Å². The number of benzene rings is 3. The van der Waals surface area contributed by atoms with E-state index in [0.717, 1.165) is 23.5 Å². The van der Waals surface area contributed by atoms with Crippen LogP contribution in [0.2, 0.25) is 10.0 Å². The van der Waals surface area contributed by atoms with Crippen LogP contribution in [-0.4, -0.2) is 48.7 Å². The lowest BCUT2D eigenvalue weighted by atomic mass is 10.2. The molecule has 3 aromatic carbocycles. The Balaban J connectivity index is 1.48. The highest BCUT2D eigenvalue weighted by Gasteiger charge is 2.24. The summed E-state index contributed by atoms with van der Waals surface area (Å²) in [5.74, 6) is 4.12. The number of rotatable bonds is 11. The molecule has 6 N–H and O–H groups in total. The van der Waals surface area contributed by atoms with Crippen molar-refractivity contribution in [3.05, 3.63) is 82.7 Å². The van der Waals surface area contributed by atoms with Gasteiger partial charge < -0.3 is 20.5 Å². The Hall–Kier alpha value is -4.61. The van der Waals surface area contributed by atoms with Crippen molar-refractivity contribution < 1.29 is 26.7 Å². The molecule has 0 atom stereocenters. The van der Waals surface area contributed by atoms with Gasteiger partial charge in [0.2, 0.25) is 5.95 Å². The number of aromatic nitrogens is 4. The molecule has 0 aliphatic heterocycles. The van der Waals surface area contributed by atoms with Crippen LogP contribution < -0.4 is 31.4 Å². The number of anilines is 6. The predicted octanol–water partition coefficient (Wildman–Crippen LogP) is 5.17. The first-order chi connectivity index (χ1) is 21.5. The number of methoxy groups -OCH3 is 1. The number of hydrogen-bond acceptors (Lipinski definition) is 12. The van der Waals surface area contributed by atoms with Gasteiger partial charge in [-0.15, -0.1) is 0 Å². The van der Waals surface area contributed by atoms with E-state index in [4.69, 9.17) is 44.3 Å². The largest absolute Gasteiger partial charge is 0.489 e. The van der Waals surface area contributed by atoms with Crippen molar-refractivity contribution in [2.24, 2.45) is 5.84 Å². The van der Waals surface area contributed by atoms with E-state index in [9.17, 15) is 12.8 Å². The van der Waals surface area contributed by atoms with Gasteiger partial charge in [-0.3, -0.25) is 4.72 Å². The molecule has 0 aliphatic carbocycles. The third kappa shape index (κ3) is 6.59. The van der Waals surface area contributed by atoms with Gasteiger partial charge >= 0.3 is 0 Å². The number of nitrogen functional groups attached to an aromatic ring is 1. The Bertz CT molecular complexity index is 2010. The minimum atomic E-state index is -4.43. The molecule has 0 spiro atoms. The molecule has 0 radical (unpaired) electrons. The van der Waals surface area contributed by atoms with E-state index in [1.165, 1.54) is 31.5 Å². The number of halogens is 4. The van der Waals surface area contributed by atoms with E-state index in [-0.39, 0.29) is 45.1 Å². The van der Waals surface area contributed by atoms with E-state index >= 15 is 4.39 Å². The monoisotopic (exact) mass is 677 g/mol. The number of ether oxygens (including phenoxy) is 2. The number of fused-ring (bicyclic) bond motifs is 1. The molecule has 0 fully saturated rings. The third-order valence-corrected chi connectivity index (χ3v) is 8.55. The van der Waals surface area contributed by atoms with Crippen molar-refractivity contribution in [3.63, 3.8) is 0 Å². The predicted molar refractivity (Wildman–Crippen MR) is 167 cm³/mol. The number of nitrogens with one attached hydrogen (secondary N) is 2. The molecular weight excluding hydrogens is 655 g/mol. The number of nitrogens with zero attached hydrogens (tertiary/aromatic N) is 5. The fourth-order valence-electron chi connectivity index (χ4n) is 4.02. The van der Waals surface area contributed by atoms with E-state index < -0.39 is 37.9 Å². The molecule has 5 rings (SSSR count). The van der Waals surface area contributed by atoms with Crippen LogP contribution in [0.3, 0.4) is 0 Å². The summed E-state index contributed by atoms with van der Waals surface area (Å²) in [6, 6.07) is 10.6. The SMILES string of the molecule is COCCOc1cccc(N(N)c2ncc3ncnc(Nc4c(F)ccc(NS(=O)(=O)c5cccc(Cl)c5Cl)c4F)c3n2)c1N. The van der Waals surface area contributed by atoms with Gasteiger partial charge in [-0.25, -0.2) is 48.0 Å². The van der Waals surface area contributed by atoms with Gasteiger partial charge in [0.1, 0.15) is 46.1 Å². The summed E-state index contributed by atoms with van der Waals surface area (Å²) in [5.41, 5.74) is 5.67. The zero-order valence-corrected chi connectivity index (χ0v) is 25.5. The van der Waals surface area contributed by atoms with Crippen LogP contribution in [0.1, 0.15) is 0 Å². The highest BCUT2D eigenvalue weighted by Crippen LogP contribution is 2.36. The summed E-state index contributed by atoms with van der Waals surface area (Å²) < 4.78 is 69.2. The van der Waals surface area contributed by atoms with Gasteiger partial charge in [-0.2, -0.15) is 0 Å². The molecule has 5 aromatic rings. The summed E-state index contributed by atoms with van der Waals surface area (Å²) in [5, 5.41) is 3.33. The van der Waals surface area contributed by atoms with E-state index in [0.29, 0.717) is 18.0 Å². The zero-order valence-electron chi connectivity index (χ0n) is 23.1. The van der Waals surface area contributed by atoms with Crippen molar-refractivity contribution in [1.82, 2.24) is 19.9 Å². The Labute approximate surface area is 265 Å². The summed E-state index contributed by atoms with van der Waals surface area (Å²) in [6.07, 6.45) is 2.45. The van der Waals surface area contributed by atoms with E-state index in [1.807, 2.05) is 0 Å². The molecule has 2 aromatic heterocycles. The number of hydrogen-bond donors (Lipinski definition) is 4. The highest BCUT2D eigenvalue weighted by molar-refractivity contribution is 7.92. The number of sulfonamides is 1. The Morgan fingerprint density at radius 2 is 1.80 bits per heavy atom. The summed E-state index contributed by atoms with van der Waals surface area (Å²) in [4.78, 5) is 16.4. The maximum Gasteiger partial charge on any atom is 0.263 e. The molecule has 2 heterocycles. The quantitative estimate of drug-likeness (QED) is 0.0623. The molecule has 0 unspecified atom stereocenters. The fourth-order valence-corrected chi connectivity index (χ4v) is 5.84. The zero-order chi connectivity index (χ0) is 32.3. The van der Waals surface area contributed by atoms with Crippen LogP contribution in [0.4, 0.5) is 43.3 Å². The van der Waals surface area contributed by atoms with Gasteiger partial charge in [0, 0.05) is 7.11 Å². The van der Waals surface area contributed by atoms with Gasteiger partial charge in [0.15, 0.2) is 11.6 Å². The third-order valence-electron chi connectivity index (χ3n) is 6.21. The lowest BCUT2D eigenvalue weighted by molar-refractivity contribution is 0.147. The van der Waals surface area contributed by atoms with E-state index in [2.05, 4.69) is 30.0 Å². The second-order valence-corrected chi connectivity index (χ2v) is 11.5. The van der Waals surface area contributed by atoms with Crippen LogP contribution in [0, 0.1) is 11.6 Å². The Morgan fingerprint density at radius 3 is 2.58 bits per heavy atom. The van der Waals surface area contributed by atoms with Gasteiger partial charge in [0.05, 0.1) is 39.9 Å². The summed E-state index contributed by atoms with van der Waals surface area (Å²) in [6.45, 7) is 0.587. The topological polar surface area (TPSA) is 184 Å². The molecule has 13 nitrogen and oxygen atoms in total. The first-order valence-corrected chi connectivity index (χ1v) is 15.0. The smallest absolute Gasteiger partial charge is 0.263 e. The normalized spacial score (nSPS) is 11.4. The summed E-state index contributed by atoms with van der Waals surface area (Å²) >= 11 is 12.0. The van der Waals surface area contributed by atoms with Gasteiger partial charge in [-0.1, -0.05) is 35.3 Å². The number of para-hydroxylation sites is 1. The van der Waals surface area contributed by atoms with Crippen molar-refractivity contribution in [2.75, 3.05) is 41.1 Å². The van der Waals surface area contributed by atoms with Crippen molar-refractivity contribution >= 4 is 78.8 Å². The molecular formula is C27H23Cl2F2N9O4S. The lowest BCUT2D eigenvalue weighted by Crippen LogP contribution is -2.28. The van der Waals surface area contributed by atoms with Gasteiger partial charge in [-0.05, 0) is 36.4 Å². The van der Waals surface area contributed by atoms with E-state index in [1.54, 1.807) is 18.2 Å².